The fourth-order valence-corrected chi connectivity index (χ4v) is 3.84. The van der Waals surface area contributed by atoms with Crippen molar-refractivity contribution in [3.8, 4) is 0 Å². The Morgan fingerprint density at radius 2 is 2.12 bits per heavy atom. The smallest absolute Gasteiger partial charge is 0.137 e. The van der Waals surface area contributed by atoms with Crippen molar-refractivity contribution >= 4 is 5.78 Å². The lowest BCUT2D eigenvalue weighted by molar-refractivity contribution is -0.137. The van der Waals surface area contributed by atoms with Gasteiger partial charge in [0.25, 0.3) is 0 Å². The average molecular weight is 220 g/mol. The summed E-state index contributed by atoms with van der Waals surface area (Å²) < 4.78 is 0. The number of hydrogen-bond donors (Lipinski definition) is 0. The molecule has 2 rings (SSSR count). The van der Waals surface area contributed by atoms with Crippen molar-refractivity contribution in [1.29, 1.82) is 0 Å². The first-order valence-corrected chi connectivity index (χ1v) is 6.63. The molecular weight excluding hydrogens is 196 g/mol. The number of ketones is 1. The van der Waals surface area contributed by atoms with Crippen LogP contribution in [0.25, 0.3) is 0 Å². The summed E-state index contributed by atoms with van der Waals surface area (Å²) in [6, 6.07) is 0. The van der Waals surface area contributed by atoms with Crippen molar-refractivity contribution in [2.45, 2.75) is 52.9 Å². The Bertz CT molecular complexity index is 317. The van der Waals surface area contributed by atoms with Crippen LogP contribution < -0.4 is 0 Å². The largest absolute Gasteiger partial charge is 0.299 e. The molecule has 16 heavy (non-hydrogen) atoms. The molecule has 2 fully saturated rings. The summed E-state index contributed by atoms with van der Waals surface area (Å²) in [5.41, 5.74) is 1.45. The lowest BCUT2D eigenvalue weighted by Gasteiger charge is -2.51. The van der Waals surface area contributed by atoms with Gasteiger partial charge in [-0.15, -0.1) is 0 Å². The van der Waals surface area contributed by atoms with E-state index in [9.17, 15) is 4.79 Å². The lowest BCUT2D eigenvalue weighted by Crippen LogP contribution is -2.47. The molecule has 2 saturated carbocycles. The topological polar surface area (TPSA) is 17.1 Å². The molecule has 0 amide bonds. The molecule has 0 unspecified atom stereocenters. The minimum Gasteiger partial charge on any atom is -0.299 e. The van der Waals surface area contributed by atoms with E-state index in [1.54, 1.807) is 0 Å². The van der Waals surface area contributed by atoms with Gasteiger partial charge in [0.1, 0.15) is 5.78 Å². The molecule has 2 aliphatic carbocycles. The van der Waals surface area contributed by atoms with E-state index in [0.29, 0.717) is 23.5 Å². The quantitative estimate of drug-likeness (QED) is 0.611. The summed E-state index contributed by atoms with van der Waals surface area (Å²) >= 11 is 0. The number of Topliss-reactive ketones (excluding diaryl/α,β-unsaturated/α-hetero) is 1. The summed E-state index contributed by atoms with van der Waals surface area (Å²) in [6.45, 7) is 10.8. The van der Waals surface area contributed by atoms with Crippen molar-refractivity contribution < 1.29 is 4.79 Å². The number of rotatable bonds is 1. The van der Waals surface area contributed by atoms with Crippen LogP contribution in [-0.2, 0) is 4.79 Å². The van der Waals surface area contributed by atoms with E-state index in [1.807, 2.05) is 0 Å². The van der Waals surface area contributed by atoms with E-state index in [-0.39, 0.29) is 5.41 Å². The zero-order valence-corrected chi connectivity index (χ0v) is 10.9. The van der Waals surface area contributed by atoms with Crippen LogP contribution in [0.4, 0.5) is 0 Å². The summed E-state index contributed by atoms with van der Waals surface area (Å²) in [5, 5.41) is 0. The maximum Gasteiger partial charge on any atom is 0.137 e. The zero-order valence-electron chi connectivity index (χ0n) is 10.9. The second-order valence-electron chi connectivity index (χ2n) is 6.31. The monoisotopic (exact) mass is 220 g/mol. The minimum atomic E-state index is 0.247. The molecular formula is C15H24O. The first-order valence-electron chi connectivity index (χ1n) is 6.63. The van der Waals surface area contributed by atoms with E-state index < -0.39 is 0 Å². The van der Waals surface area contributed by atoms with Gasteiger partial charge in [-0.3, -0.25) is 4.79 Å². The molecule has 1 nitrogen and oxygen atoms in total. The Balaban J connectivity index is 2.27. The number of carbonyl (C=O) groups excluding carboxylic acids is 1. The molecule has 0 aliphatic heterocycles. The van der Waals surface area contributed by atoms with Gasteiger partial charge >= 0.3 is 0 Å². The minimum absolute atomic E-state index is 0.247. The number of fused-ring (bicyclic) bond motifs is 1. The number of allylic oxidation sites excluding steroid dienone is 1. The molecule has 0 bridgehead atoms. The molecule has 0 aromatic carbocycles. The highest BCUT2D eigenvalue weighted by molar-refractivity contribution is 5.83. The Morgan fingerprint density at radius 3 is 2.75 bits per heavy atom. The first kappa shape index (κ1) is 11.9. The normalized spacial score (nSPS) is 43.9. The van der Waals surface area contributed by atoms with Gasteiger partial charge in [0, 0.05) is 12.3 Å². The Hall–Kier alpha value is -0.590. The van der Waals surface area contributed by atoms with E-state index >= 15 is 0 Å². The Kier molecular flexibility index (Phi) is 2.98. The van der Waals surface area contributed by atoms with Crippen LogP contribution in [0.1, 0.15) is 52.9 Å². The molecule has 0 aromatic heterocycles. The van der Waals surface area contributed by atoms with Crippen LogP contribution in [-0.4, -0.2) is 5.78 Å². The highest BCUT2D eigenvalue weighted by atomic mass is 16.1. The van der Waals surface area contributed by atoms with Crippen LogP contribution in [0, 0.1) is 23.2 Å². The SMILES string of the molecule is C=C(C)[C@H]1CC(=O)[C@H]2CCC[C@H](C)[C@@]2(C)C1. The van der Waals surface area contributed by atoms with Gasteiger partial charge in [-0.1, -0.05) is 38.8 Å². The fourth-order valence-electron chi connectivity index (χ4n) is 3.84. The fraction of sp³-hybridized carbons (Fsp3) is 0.800. The van der Waals surface area contributed by atoms with Crippen molar-refractivity contribution in [1.82, 2.24) is 0 Å². The van der Waals surface area contributed by atoms with Crippen molar-refractivity contribution in [3.05, 3.63) is 12.2 Å². The third-order valence-electron chi connectivity index (χ3n) is 5.27. The molecule has 0 aromatic rings. The van der Waals surface area contributed by atoms with Crippen LogP contribution in [0.5, 0.6) is 0 Å². The summed E-state index contributed by atoms with van der Waals surface area (Å²) in [6.07, 6.45) is 5.60. The molecule has 0 saturated heterocycles. The van der Waals surface area contributed by atoms with Crippen molar-refractivity contribution in [3.63, 3.8) is 0 Å². The molecule has 1 heteroatoms. The molecule has 0 heterocycles. The highest BCUT2D eigenvalue weighted by Crippen LogP contribution is 2.54. The van der Waals surface area contributed by atoms with E-state index in [1.165, 1.54) is 24.8 Å². The van der Waals surface area contributed by atoms with E-state index in [4.69, 9.17) is 0 Å². The van der Waals surface area contributed by atoms with Gasteiger partial charge in [-0.25, -0.2) is 0 Å². The predicted octanol–water partition coefficient (Wildman–Crippen LogP) is 3.98. The summed E-state index contributed by atoms with van der Waals surface area (Å²) in [7, 11) is 0. The van der Waals surface area contributed by atoms with Gasteiger partial charge < -0.3 is 0 Å². The Labute approximate surface area is 99.3 Å². The average Bonchev–Trinajstić information content (AvgIpc) is 2.20. The zero-order chi connectivity index (χ0) is 11.9. The molecule has 0 N–H and O–H groups in total. The third-order valence-corrected chi connectivity index (χ3v) is 5.27. The van der Waals surface area contributed by atoms with Gasteiger partial charge in [0.15, 0.2) is 0 Å². The molecule has 2 aliphatic rings. The van der Waals surface area contributed by atoms with Crippen LogP contribution in [0.2, 0.25) is 0 Å². The van der Waals surface area contributed by atoms with Crippen LogP contribution in [0.15, 0.2) is 12.2 Å². The van der Waals surface area contributed by atoms with E-state index in [2.05, 4.69) is 27.4 Å². The van der Waals surface area contributed by atoms with Gasteiger partial charge in [-0.2, -0.15) is 0 Å². The number of carbonyl (C=O) groups is 1. The molecule has 0 radical (unpaired) electrons. The van der Waals surface area contributed by atoms with E-state index in [0.717, 1.165) is 12.8 Å². The van der Waals surface area contributed by atoms with Crippen molar-refractivity contribution in [2.75, 3.05) is 0 Å². The molecule has 90 valence electrons. The maximum atomic E-state index is 12.3. The van der Waals surface area contributed by atoms with Gasteiger partial charge in [-0.05, 0) is 37.0 Å². The number of hydrogen-bond acceptors (Lipinski definition) is 1. The van der Waals surface area contributed by atoms with Crippen LogP contribution >= 0.6 is 0 Å². The highest BCUT2D eigenvalue weighted by Gasteiger charge is 2.49. The second-order valence-corrected chi connectivity index (χ2v) is 6.31. The summed E-state index contributed by atoms with van der Waals surface area (Å²) in [4.78, 5) is 12.3. The summed E-state index contributed by atoms with van der Waals surface area (Å²) in [5.74, 6) is 1.98. The molecule has 0 spiro atoms. The lowest BCUT2D eigenvalue weighted by atomic mass is 9.53. The first-order chi connectivity index (χ1) is 7.45. The van der Waals surface area contributed by atoms with Gasteiger partial charge in [0.05, 0.1) is 0 Å². The van der Waals surface area contributed by atoms with Crippen molar-refractivity contribution in [2.24, 2.45) is 23.2 Å². The Morgan fingerprint density at radius 1 is 1.44 bits per heavy atom. The second kappa shape index (κ2) is 4.01. The standard InChI is InChI=1S/C15H24O/c1-10(2)12-8-14(16)13-7-5-6-11(3)15(13,4)9-12/h11-13H,1,5-9H2,2-4H3/t11-,12-,13+,15+/m0/s1. The van der Waals surface area contributed by atoms with Crippen LogP contribution in [0.3, 0.4) is 0 Å². The predicted molar refractivity (Wildman–Crippen MR) is 67.2 cm³/mol. The van der Waals surface area contributed by atoms with Gasteiger partial charge in [0.2, 0.25) is 0 Å². The third kappa shape index (κ3) is 1.74. The maximum absolute atomic E-state index is 12.3. The molecule has 4 atom stereocenters.